The Bertz CT molecular complexity index is 1410. The van der Waals surface area contributed by atoms with Crippen molar-refractivity contribution in [2.24, 2.45) is 0 Å². The van der Waals surface area contributed by atoms with Crippen molar-refractivity contribution >= 4 is 23.3 Å². The predicted molar refractivity (Wildman–Crippen MR) is 143 cm³/mol. The molecule has 1 fully saturated rings. The van der Waals surface area contributed by atoms with Gasteiger partial charge in [0.1, 0.15) is 11.6 Å². The van der Waals surface area contributed by atoms with E-state index in [4.69, 9.17) is 5.10 Å². The van der Waals surface area contributed by atoms with Gasteiger partial charge in [-0.15, -0.1) is 0 Å². The first kappa shape index (κ1) is 24.2. The highest BCUT2D eigenvalue weighted by Gasteiger charge is 2.23. The summed E-state index contributed by atoms with van der Waals surface area (Å²) < 4.78 is 14.9. The highest BCUT2D eigenvalue weighted by Crippen LogP contribution is 2.33. The lowest BCUT2D eigenvalue weighted by molar-refractivity contribution is -0.114. The Labute approximate surface area is 215 Å². The molecule has 0 atom stereocenters. The molecule has 0 radical (unpaired) electrons. The summed E-state index contributed by atoms with van der Waals surface area (Å²) >= 11 is 0. The van der Waals surface area contributed by atoms with Crippen LogP contribution in [0.2, 0.25) is 0 Å². The number of halogens is 1. The number of amides is 2. The fourth-order valence-electron chi connectivity index (χ4n) is 4.69. The molecule has 0 unspecified atom stereocenters. The zero-order valence-corrected chi connectivity index (χ0v) is 20.8. The molecule has 4 aromatic rings. The molecular formula is C29H28FN5O2. The van der Waals surface area contributed by atoms with E-state index in [0.717, 1.165) is 28.2 Å². The first-order valence-corrected chi connectivity index (χ1v) is 12.2. The van der Waals surface area contributed by atoms with Crippen LogP contribution in [0.1, 0.15) is 23.0 Å². The Morgan fingerprint density at radius 2 is 1.46 bits per heavy atom. The van der Waals surface area contributed by atoms with Gasteiger partial charge in [-0.2, -0.15) is 5.10 Å². The molecule has 1 saturated heterocycles. The van der Waals surface area contributed by atoms with Crippen molar-refractivity contribution in [1.82, 2.24) is 14.7 Å². The number of carbonyl (C=O) groups excluding carboxylic acids is 2. The van der Waals surface area contributed by atoms with Crippen molar-refractivity contribution in [3.63, 3.8) is 0 Å². The van der Waals surface area contributed by atoms with Crippen LogP contribution < -0.4 is 10.2 Å². The van der Waals surface area contributed by atoms with E-state index in [1.807, 2.05) is 54.3 Å². The van der Waals surface area contributed by atoms with Gasteiger partial charge in [0.15, 0.2) is 0 Å². The standard InChI is InChI=1S/C29H28FN5O2/c1-20-27(22-6-4-3-5-7-22)28(31-21(2)36)35(32-20)26-12-8-23(9-13-26)29(37)34-18-16-33(17-19-34)25-14-10-24(30)11-15-25/h3-15H,16-19H2,1-2H3,(H,31,36). The molecule has 3 aromatic carbocycles. The second kappa shape index (κ2) is 10.3. The number of benzene rings is 3. The van der Waals surface area contributed by atoms with Gasteiger partial charge in [0.05, 0.1) is 11.4 Å². The van der Waals surface area contributed by atoms with Crippen molar-refractivity contribution in [3.05, 3.63) is 95.9 Å². The molecule has 0 spiro atoms. The minimum atomic E-state index is -0.258. The van der Waals surface area contributed by atoms with Crippen molar-refractivity contribution in [2.75, 3.05) is 36.4 Å². The number of nitrogens with one attached hydrogen (secondary N) is 1. The normalized spacial score (nSPS) is 13.5. The first-order valence-electron chi connectivity index (χ1n) is 12.2. The summed E-state index contributed by atoms with van der Waals surface area (Å²) in [4.78, 5) is 29.2. The Morgan fingerprint density at radius 1 is 0.838 bits per heavy atom. The average Bonchev–Trinajstić information content (AvgIpc) is 3.24. The second-order valence-electron chi connectivity index (χ2n) is 9.07. The van der Waals surface area contributed by atoms with Crippen LogP contribution in [0, 0.1) is 12.7 Å². The monoisotopic (exact) mass is 497 g/mol. The second-order valence-corrected chi connectivity index (χ2v) is 9.07. The zero-order valence-electron chi connectivity index (χ0n) is 20.8. The number of hydrogen-bond donors (Lipinski definition) is 1. The third kappa shape index (κ3) is 5.09. The molecule has 5 rings (SSSR count). The summed E-state index contributed by atoms with van der Waals surface area (Å²) in [6.45, 7) is 5.92. The average molecular weight is 498 g/mol. The summed E-state index contributed by atoms with van der Waals surface area (Å²) in [5, 5.41) is 7.63. The number of hydrogen-bond acceptors (Lipinski definition) is 4. The van der Waals surface area contributed by atoms with E-state index in [1.54, 1.807) is 28.9 Å². The van der Waals surface area contributed by atoms with Crippen LogP contribution in [0.5, 0.6) is 0 Å². The van der Waals surface area contributed by atoms with E-state index < -0.39 is 0 Å². The molecule has 1 aliphatic rings. The summed E-state index contributed by atoms with van der Waals surface area (Å²) in [6.07, 6.45) is 0. The maximum Gasteiger partial charge on any atom is 0.253 e. The molecule has 1 aliphatic heterocycles. The number of rotatable bonds is 5. The Balaban J connectivity index is 1.34. The van der Waals surface area contributed by atoms with Gasteiger partial charge in [-0.1, -0.05) is 30.3 Å². The van der Waals surface area contributed by atoms with Crippen LogP contribution in [-0.2, 0) is 4.79 Å². The molecule has 0 aliphatic carbocycles. The van der Waals surface area contributed by atoms with Gasteiger partial charge in [0, 0.05) is 49.9 Å². The van der Waals surface area contributed by atoms with Crippen LogP contribution in [0.3, 0.4) is 0 Å². The molecule has 188 valence electrons. The van der Waals surface area contributed by atoms with E-state index in [-0.39, 0.29) is 17.6 Å². The lowest BCUT2D eigenvalue weighted by atomic mass is 10.1. The van der Waals surface area contributed by atoms with Crippen LogP contribution in [0.4, 0.5) is 15.9 Å². The zero-order chi connectivity index (χ0) is 25.9. The van der Waals surface area contributed by atoms with Gasteiger partial charge in [-0.3, -0.25) is 9.59 Å². The quantitative estimate of drug-likeness (QED) is 0.426. The van der Waals surface area contributed by atoms with Crippen molar-refractivity contribution in [3.8, 4) is 16.8 Å². The van der Waals surface area contributed by atoms with Gasteiger partial charge in [0.25, 0.3) is 5.91 Å². The SMILES string of the molecule is CC(=O)Nc1c(-c2ccccc2)c(C)nn1-c1ccc(C(=O)N2CCN(c3ccc(F)cc3)CC2)cc1. The van der Waals surface area contributed by atoms with E-state index in [2.05, 4.69) is 10.2 Å². The molecule has 37 heavy (non-hydrogen) atoms. The van der Waals surface area contributed by atoms with Crippen LogP contribution >= 0.6 is 0 Å². The third-order valence-corrected chi connectivity index (χ3v) is 6.53. The van der Waals surface area contributed by atoms with E-state index in [1.165, 1.54) is 19.1 Å². The molecule has 2 amide bonds. The molecule has 7 nitrogen and oxygen atoms in total. The number of nitrogens with zero attached hydrogens (tertiary/aromatic N) is 4. The van der Waals surface area contributed by atoms with Crippen LogP contribution in [-0.4, -0.2) is 52.7 Å². The smallest absolute Gasteiger partial charge is 0.253 e. The summed E-state index contributed by atoms with van der Waals surface area (Å²) in [5.41, 5.74) is 4.89. The topological polar surface area (TPSA) is 70.5 Å². The van der Waals surface area contributed by atoms with Crippen LogP contribution in [0.25, 0.3) is 16.8 Å². The van der Waals surface area contributed by atoms with Crippen molar-refractivity contribution < 1.29 is 14.0 Å². The lowest BCUT2D eigenvalue weighted by Crippen LogP contribution is -2.48. The number of aromatic nitrogens is 2. The molecule has 0 saturated carbocycles. The van der Waals surface area contributed by atoms with E-state index in [9.17, 15) is 14.0 Å². The molecule has 1 aromatic heterocycles. The Kier molecular flexibility index (Phi) is 6.72. The molecular weight excluding hydrogens is 469 g/mol. The van der Waals surface area contributed by atoms with Gasteiger partial charge in [0.2, 0.25) is 5.91 Å². The fraction of sp³-hybridized carbons (Fsp3) is 0.207. The number of piperazine rings is 1. The minimum absolute atomic E-state index is 0.0333. The number of anilines is 2. The van der Waals surface area contributed by atoms with Gasteiger partial charge < -0.3 is 15.1 Å². The first-order chi connectivity index (χ1) is 17.9. The molecule has 1 N–H and O–H groups in total. The maximum absolute atomic E-state index is 13.2. The van der Waals surface area contributed by atoms with Crippen molar-refractivity contribution in [1.29, 1.82) is 0 Å². The van der Waals surface area contributed by atoms with Crippen molar-refractivity contribution in [2.45, 2.75) is 13.8 Å². The lowest BCUT2D eigenvalue weighted by Gasteiger charge is -2.36. The van der Waals surface area contributed by atoms with Gasteiger partial charge >= 0.3 is 0 Å². The highest BCUT2D eigenvalue weighted by atomic mass is 19.1. The predicted octanol–water partition coefficient (Wildman–Crippen LogP) is 4.91. The molecule has 2 heterocycles. The molecule has 8 heteroatoms. The Morgan fingerprint density at radius 3 is 2.08 bits per heavy atom. The van der Waals surface area contributed by atoms with Crippen LogP contribution in [0.15, 0.2) is 78.9 Å². The number of aryl methyl sites for hydroxylation is 1. The van der Waals surface area contributed by atoms with Gasteiger partial charge in [-0.25, -0.2) is 9.07 Å². The summed E-state index contributed by atoms with van der Waals surface area (Å²) in [7, 11) is 0. The Hall–Kier alpha value is -4.46. The van der Waals surface area contributed by atoms with E-state index >= 15 is 0 Å². The highest BCUT2D eigenvalue weighted by molar-refractivity contribution is 5.95. The van der Waals surface area contributed by atoms with E-state index in [0.29, 0.717) is 37.6 Å². The summed E-state index contributed by atoms with van der Waals surface area (Å²) in [6, 6.07) is 23.5. The molecule has 0 bridgehead atoms. The summed E-state index contributed by atoms with van der Waals surface area (Å²) in [5.74, 6) is 0.109. The third-order valence-electron chi connectivity index (χ3n) is 6.53. The maximum atomic E-state index is 13.2. The largest absolute Gasteiger partial charge is 0.368 e. The number of carbonyl (C=O) groups is 2. The minimum Gasteiger partial charge on any atom is -0.368 e. The van der Waals surface area contributed by atoms with Gasteiger partial charge in [-0.05, 0) is 61.0 Å². The fourth-order valence-corrected chi connectivity index (χ4v) is 4.69.